The second-order valence-corrected chi connectivity index (χ2v) is 4.72. The summed E-state index contributed by atoms with van der Waals surface area (Å²) in [5.41, 5.74) is -0.581. The first-order chi connectivity index (χ1) is 7.18. The van der Waals surface area contributed by atoms with Crippen LogP contribution in [0.3, 0.4) is 0 Å². The summed E-state index contributed by atoms with van der Waals surface area (Å²) in [4.78, 5) is 33.5. The van der Waals surface area contributed by atoms with Gasteiger partial charge in [0.15, 0.2) is 0 Å². The minimum atomic E-state index is -1.08. The fourth-order valence-electron chi connectivity index (χ4n) is 0.995. The summed E-state index contributed by atoms with van der Waals surface area (Å²) in [7, 11) is 0. The molecule has 0 bridgehead atoms. The Morgan fingerprint density at radius 3 is 2.06 bits per heavy atom. The molecule has 1 unspecified atom stereocenters. The van der Waals surface area contributed by atoms with Crippen molar-refractivity contribution in [1.29, 1.82) is 0 Å². The van der Waals surface area contributed by atoms with E-state index in [0.29, 0.717) is 6.42 Å². The molecule has 0 aromatic heterocycles. The fourth-order valence-corrected chi connectivity index (χ4v) is 0.995. The van der Waals surface area contributed by atoms with Crippen LogP contribution in [0.1, 0.15) is 40.5 Å². The van der Waals surface area contributed by atoms with E-state index in [-0.39, 0.29) is 12.2 Å². The van der Waals surface area contributed by atoms with Crippen molar-refractivity contribution < 1.29 is 19.5 Å². The largest absolute Gasteiger partial charge is 0.480 e. The molecule has 16 heavy (non-hydrogen) atoms. The maximum absolute atomic E-state index is 11.5. The van der Waals surface area contributed by atoms with Crippen LogP contribution >= 0.6 is 0 Å². The Morgan fingerprint density at radius 1 is 1.25 bits per heavy atom. The Morgan fingerprint density at radius 2 is 1.75 bits per heavy atom. The first-order valence-electron chi connectivity index (χ1n) is 5.24. The molecule has 1 amide bonds. The number of amides is 1. The lowest BCUT2D eigenvalue weighted by Gasteiger charge is -2.17. The van der Waals surface area contributed by atoms with Crippen LogP contribution in [0.4, 0.5) is 0 Å². The Labute approximate surface area is 95.2 Å². The van der Waals surface area contributed by atoms with Crippen molar-refractivity contribution >= 4 is 17.7 Å². The Hall–Kier alpha value is -1.39. The molecule has 0 rings (SSSR count). The van der Waals surface area contributed by atoms with E-state index in [1.54, 1.807) is 27.7 Å². The van der Waals surface area contributed by atoms with E-state index >= 15 is 0 Å². The number of ketones is 1. The van der Waals surface area contributed by atoms with Crippen LogP contribution in [0.25, 0.3) is 0 Å². The molecular weight excluding hydrogens is 210 g/mol. The predicted octanol–water partition coefficient (Wildman–Crippen LogP) is 0.971. The van der Waals surface area contributed by atoms with Crippen LogP contribution in [0, 0.1) is 5.41 Å². The molecule has 0 aliphatic rings. The molecule has 0 aliphatic carbocycles. The summed E-state index contributed by atoms with van der Waals surface area (Å²) < 4.78 is 0. The van der Waals surface area contributed by atoms with Crippen LogP contribution in [0.15, 0.2) is 0 Å². The molecule has 0 saturated carbocycles. The highest BCUT2D eigenvalue weighted by Crippen LogP contribution is 2.16. The summed E-state index contributed by atoms with van der Waals surface area (Å²) in [6, 6.07) is -0.916. The maximum atomic E-state index is 11.5. The molecule has 0 fully saturated rings. The zero-order chi connectivity index (χ0) is 12.9. The average Bonchev–Trinajstić information content (AvgIpc) is 2.11. The van der Waals surface area contributed by atoms with Gasteiger partial charge in [-0.3, -0.25) is 9.59 Å². The summed E-state index contributed by atoms with van der Waals surface area (Å²) in [5.74, 6) is -1.82. The van der Waals surface area contributed by atoms with Gasteiger partial charge in [0.05, 0.1) is 6.42 Å². The third-order valence-corrected chi connectivity index (χ3v) is 2.20. The molecule has 0 radical (unpaired) electrons. The van der Waals surface area contributed by atoms with Crippen molar-refractivity contribution in [3.63, 3.8) is 0 Å². The van der Waals surface area contributed by atoms with Gasteiger partial charge >= 0.3 is 5.97 Å². The van der Waals surface area contributed by atoms with Crippen molar-refractivity contribution in [3.05, 3.63) is 0 Å². The van der Waals surface area contributed by atoms with E-state index in [4.69, 9.17) is 5.11 Å². The second-order valence-electron chi connectivity index (χ2n) is 4.72. The molecular formula is C11H19NO4. The maximum Gasteiger partial charge on any atom is 0.326 e. The van der Waals surface area contributed by atoms with Gasteiger partial charge in [-0.2, -0.15) is 0 Å². The number of aliphatic carboxylic acids is 1. The topological polar surface area (TPSA) is 83.5 Å². The van der Waals surface area contributed by atoms with Crippen molar-refractivity contribution in [2.24, 2.45) is 5.41 Å². The number of carboxylic acid groups (broad SMARTS) is 1. The van der Waals surface area contributed by atoms with Gasteiger partial charge in [-0.05, 0) is 6.42 Å². The number of carbonyl (C=O) groups excluding carboxylic acids is 2. The van der Waals surface area contributed by atoms with Crippen LogP contribution in [0.5, 0.6) is 0 Å². The fraction of sp³-hybridized carbons (Fsp3) is 0.727. The lowest BCUT2D eigenvalue weighted by atomic mass is 9.89. The highest BCUT2D eigenvalue weighted by atomic mass is 16.4. The third kappa shape index (κ3) is 4.91. The van der Waals surface area contributed by atoms with Gasteiger partial charge < -0.3 is 10.4 Å². The van der Waals surface area contributed by atoms with E-state index in [2.05, 4.69) is 5.32 Å². The summed E-state index contributed by atoms with van der Waals surface area (Å²) in [5, 5.41) is 11.0. The number of hydrogen-bond acceptors (Lipinski definition) is 3. The van der Waals surface area contributed by atoms with Crippen molar-refractivity contribution in [1.82, 2.24) is 5.32 Å². The zero-order valence-electron chi connectivity index (χ0n) is 10.2. The van der Waals surface area contributed by atoms with Crippen molar-refractivity contribution in [2.45, 2.75) is 46.6 Å². The van der Waals surface area contributed by atoms with Gasteiger partial charge in [0.2, 0.25) is 5.91 Å². The molecule has 2 N–H and O–H groups in total. The first kappa shape index (κ1) is 14.6. The Bertz CT molecular complexity index is 291. The molecule has 5 heteroatoms. The van der Waals surface area contributed by atoms with Gasteiger partial charge in [-0.25, -0.2) is 4.79 Å². The second kappa shape index (κ2) is 5.63. The summed E-state index contributed by atoms with van der Waals surface area (Å²) in [6.07, 6.45) is 0.0259. The smallest absolute Gasteiger partial charge is 0.326 e. The van der Waals surface area contributed by atoms with Crippen LogP contribution in [-0.4, -0.2) is 28.8 Å². The van der Waals surface area contributed by atoms with Crippen molar-refractivity contribution in [2.75, 3.05) is 0 Å². The van der Waals surface area contributed by atoms with Gasteiger partial charge in [0.1, 0.15) is 11.8 Å². The SMILES string of the molecule is CCC(NC(=O)CC(=O)C(C)(C)C)C(=O)O. The van der Waals surface area contributed by atoms with Crippen LogP contribution in [-0.2, 0) is 14.4 Å². The number of Topliss-reactive ketones (excluding diaryl/α,β-unsaturated/α-hetero) is 1. The summed E-state index contributed by atoms with van der Waals surface area (Å²) >= 11 is 0. The van der Waals surface area contributed by atoms with E-state index in [0.717, 1.165) is 0 Å². The zero-order valence-corrected chi connectivity index (χ0v) is 10.2. The normalized spacial score (nSPS) is 13.0. The average molecular weight is 229 g/mol. The van der Waals surface area contributed by atoms with Gasteiger partial charge in [-0.1, -0.05) is 27.7 Å². The number of carboxylic acids is 1. The molecule has 0 spiro atoms. The van der Waals surface area contributed by atoms with Crippen LogP contribution < -0.4 is 5.32 Å². The minimum Gasteiger partial charge on any atom is -0.480 e. The van der Waals surface area contributed by atoms with Crippen LogP contribution in [0.2, 0.25) is 0 Å². The molecule has 0 saturated heterocycles. The molecule has 0 heterocycles. The van der Waals surface area contributed by atoms with E-state index in [1.165, 1.54) is 0 Å². The number of nitrogens with one attached hydrogen (secondary N) is 1. The Balaban J connectivity index is 4.29. The molecule has 0 aliphatic heterocycles. The minimum absolute atomic E-state index is 0.203. The predicted molar refractivity (Wildman–Crippen MR) is 58.9 cm³/mol. The van der Waals surface area contributed by atoms with E-state index < -0.39 is 23.3 Å². The standard InChI is InChI=1S/C11H19NO4/c1-5-7(10(15)16)12-9(14)6-8(13)11(2,3)4/h7H,5-6H2,1-4H3,(H,12,14)(H,15,16). The number of carbonyl (C=O) groups is 3. The van der Waals surface area contributed by atoms with Crippen molar-refractivity contribution in [3.8, 4) is 0 Å². The van der Waals surface area contributed by atoms with E-state index in [1.807, 2.05) is 0 Å². The summed E-state index contributed by atoms with van der Waals surface area (Å²) in [6.45, 7) is 6.82. The lowest BCUT2D eigenvalue weighted by molar-refractivity contribution is -0.143. The quantitative estimate of drug-likeness (QED) is 0.688. The third-order valence-electron chi connectivity index (χ3n) is 2.20. The van der Waals surface area contributed by atoms with Gasteiger partial charge in [-0.15, -0.1) is 0 Å². The highest BCUT2D eigenvalue weighted by molar-refractivity contribution is 6.01. The Kier molecular flexibility index (Phi) is 5.14. The molecule has 92 valence electrons. The highest BCUT2D eigenvalue weighted by Gasteiger charge is 2.25. The van der Waals surface area contributed by atoms with Gasteiger partial charge in [0, 0.05) is 5.41 Å². The first-order valence-corrected chi connectivity index (χ1v) is 5.24. The lowest BCUT2D eigenvalue weighted by Crippen LogP contribution is -2.41. The monoisotopic (exact) mass is 229 g/mol. The molecule has 0 aromatic rings. The molecule has 0 aromatic carbocycles. The number of hydrogen-bond donors (Lipinski definition) is 2. The molecule has 5 nitrogen and oxygen atoms in total. The molecule has 1 atom stereocenters. The van der Waals surface area contributed by atoms with Gasteiger partial charge in [0.25, 0.3) is 0 Å². The number of rotatable bonds is 5. The van der Waals surface area contributed by atoms with E-state index in [9.17, 15) is 14.4 Å².